The van der Waals surface area contributed by atoms with Crippen LogP contribution in [0.25, 0.3) is 0 Å². The molecule has 0 bridgehead atoms. The predicted molar refractivity (Wildman–Crippen MR) is 72.0 cm³/mol. The van der Waals surface area contributed by atoms with Crippen molar-refractivity contribution in [2.24, 2.45) is 0 Å². The van der Waals surface area contributed by atoms with E-state index in [4.69, 9.17) is 4.74 Å². The van der Waals surface area contributed by atoms with Gasteiger partial charge < -0.3 is 15.0 Å². The second-order valence-electron chi connectivity index (χ2n) is 4.35. The highest BCUT2D eigenvalue weighted by molar-refractivity contribution is 5.82. The number of anilines is 1. The second-order valence-corrected chi connectivity index (χ2v) is 4.35. The number of nitrogens with one attached hydrogen (secondary N) is 1. The molecule has 18 heavy (non-hydrogen) atoms. The Morgan fingerprint density at radius 1 is 1.61 bits per heavy atom. The van der Waals surface area contributed by atoms with Gasteiger partial charge in [0.1, 0.15) is 12.4 Å². The lowest BCUT2D eigenvalue weighted by Crippen LogP contribution is -2.46. The Bertz CT molecular complexity index is 445. The summed E-state index contributed by atoms with van der Waals surface area (Å²) >= 11 is 0. The summed E-state index contributed by atoms with van der Waals surface area (Å²) in [6.07, 6.45) is 1.68. The van der Waals surface area contributed by atoms with E-state index in [9.17, 15) is 4.79 Å². The van der Waals surface area contributed by atoms with Crippen LogP contribution in [-0.2, 0) is 4.79 Å². The molecular formula is C14H18N2O2. The van der Waals surface area contributed by atoms with Crippen LogP contribution in [0.3, 0.4) is 0 Å². The minimum atomic E-state index is -0.00143. The largest absolute Gasteiger partial charge is 0.489 e. The van der Waals surface area contributed by atoms with Gasteiger partial charge in [0.2, 0.25) is 5.91 Å². The summed E-state index contributed by atoms with van der Waals surface area (Å²) < 4.78 is 5.64. The third-order valence-corrected chi connectivity index (χ3v) is 2.94. The fraction of sp³-hybridized carbons (Fsp3) is 0.357. The van der Waals surface area contributed by atoms with Crippen molar-refractivity contribution in [2.45, 2.75) is 13.0 Å². The third-order valence-electron chi connectivity index (χ3n) is 2.94. The van der Waals surface area contributed by atoms with E-state index in [1.54, 1.807) is 6.08 Å². The van der Waals surface area contributed by atoms with Gasteiger partial charge in [-0.3, -0.25) is 4.79 Å². The lowest BCUT2D eigenvalue weighted by atomic mass is 10.1. The number of hydrogen-bond donors (Lipinski definition) is 1. The average Bonchev–Trinajstić information content (AvgIpc) is 2.40. The zero-order chi connectivity index (χ0) is 13.0. The van der Waals surface area contributed by atoms with Gasteiger partial charge in [0.25, 0.3) is 0 Å². The van der Waals surface area contributed by atoms with E-state index in [-0.39, 0.29) is 11.9 Å². The number of carbonyl (C=O) groups is 1. The molecule has 0 unspecified atom stereocenters. The molecular weight excluding hydrogens is 228 g/mol. The maximum atomic E-state index is 11.8. The summed E-state index contributed by atoms with van der Waals surface area (Å²) in [7, 11) is 0. The maximum Gasteiger partial charge on any atom is 0.239 e. The van der Waals surface area contributed by atoms with Gasteiger partial charge in [-0.15, -0.1) is 6.58 Å². The van der Waals surface area contributed by atoms with E-state index >= 15 is 0 Å². The van der Waals surface area contributed by atoms with Crippen molar-refractivity contribution in [3.63, 3.8) is 0 Å². The minimum absolute atomic E-state index is 0.00143. The molecule has 0 saturated carbocycles. The summed E-state index contributed by atoms with van der Waals surface area (Å²) in [5.74, 6) is 0.838. The number of carbonyl (C=O) groups excluding carboxylic acids is 1. The van der Waals surface area contributed by atoms with Gasteiger partial charge in [0.15, 0.2) is 0 Å². The fourth-order valence-corrected chi connectivity index (χ4v) is 1.99. The normalized spacial score (nSPS) is 17.6. The van der Waals surface area contributed by atoms with Gasteiger partial charge in [0, 0.05) is 6.54 Å². The highest BCUT2D eigenvalue weighted by Crippen LogP contribution is 2.32. The first kappa shape index (κ1) is 12.5. The topological polar surface area (TPSA) is 41.6 Å². The van der Waals surface area contributed by atoms with Crippen LogP contribution in [0.1, 0.15) is 6.92 Å². The smallest absolute Gasteiger partial charge is 0.239 e. The van der Waals surface area contributed by atoms with Crippen molar-refractivity contribution < 1.29 is 9.53 Å². The molecule has 0 saturated heterocycles. The SMILES string of the molecule is C=CCNC(=O)CN1c2ccccc2OC[C@@H]1C. The second kappa shape index (κ2) is 5.58. The van der Waals surface area contributed by atoms with Gasteiger partial charge in [-0.05, 0) is 19.1 Å². The Kier molecular flexibility index (Phi) is 3.87. The number of benzene rings is 1. The molecule has 0 aromatic heterocycles. The van der Waals surface area contributed by atoms with Crippen molar-refractivity contribution >= 4 is 11.6 Å². The molecule has 96 valence electrons. The first-order valence-corrected chi connectivity index (χ1v) is 6.08. The Balaban J connectivity index is 2.11. The Labute approximate surface area is 107 Å². The third kappa shape index (κ3) is 2.64. The predicted octanol–water partition coefficient (Wildman–Crippen LogP) is 1.58. The summed E-state index contributed by atoms with van der Waals surface area (Å²) in [6.45, 7) is 7.08. The first-order chi connectivity index (χ1) is 8.72. The molecule has 1 aliphatic heterocycles. The molecule has 0 fully saturated rings. The van der Waals surface area contributed by atoms with Gasteiger partial charge in [-0.2, -0.15) is 0 Å². The molecule has 0 spiro atoms. The molecule has 0 radical (unpaired) electrons. The molecule has 4 nitrogen and oxygen atoms in total. The summed E-state index contributed by atoms with van der Waals surface area (Å²) in [4.78, 5) is 13.9. The number of fused-ring (bicyclic) bond motifs is 1. The van der Waals surface area contributed by atoms with Crippen LogP contribution in [0.2, 0.25) is 0 Å². The Morgan fingerprint density at radius 3 is 3.17 bits per heavy atom. The maximum absolute atomic E-state index is 11.8. The van der Waals surface area contributed by atoms with Crippen molar-refractivity contribution in [3.8, 4) is 5.75 Å². The van der Waals surface area contributed by atoms with Gasteiger partial charge >= 0.3 is 0 Å². The van der Waals surface area contributed by atoms with Crippen LogP contribution < -0.4 is 15.0 Å². The van der Waals surface area contributed by atoms with E-state index in [2.05, 4.69) is 23.7 Å². The van der Waals surface area contributed by atoms with Crippen LogP contribution in [0, 0.1) is 0 Å². The fourth-order valence-electron chi connectivity index (χ4n) is 1.99. The standard InChI is InChI=1S/C14H18N2O2/c1-3-8-15-14(17)9-16-11(2)10-18-13-7-5-4-6-12(13)16/h3-7,11H,1,8-10H2,2H3,(H,15,17)/t11-/m0/s1. The van der Waals surface area contributed by atoms with Crippen molar-refractivity contribution in [2.75, 3.05) is 24.6 Å². The molecule has 1 atom stereocenters. The van der Waals surface area contributed by atoms with E-state index in [0.29, 0.717) is 19.7 Å². The highest BCUT2D eigenvalue weighted by atomic mass is 16.5. The molecule has 1 amide bonds. The Morgan fingerprint density at radius 2 is 2.39 bits per heavy atom. The van der Waals surface area contributed by atoms with Gasteiger partial charge in [-0.1, -0.05) is 18.2 Å². The molecule has 2 rings (SSSR count). The molecule has 1 N–H and O–H groups in total. The number of ether oxygens (including phenoxy) is 1. The van der Waals surface area contributed by atoms with Crippen molar-refractivity contribution in [1.29, 1.82) is 0 Å². The van der Waals surface area contributed by atoms with Crippen LogP contribution in [0.5, 0.6) is 5.75 Å². The van der Waals surface area contributed by atoms with Gasteiger partial charge in [-0.25, -0.2) is 0 Å². The Hall–Kier alpha value is -1.97. The monoisotopic (exact) mass is 246 g/mol. The van der Waals surface area contributed by atoms with Crippen molar-refractivity contribution in [1.82, 2.24) is 5.32 Å². The molecule has 1 heterocycles. The number of hydrogen-bond acceptors (Lipinski definition) is 3. The van der Waals surface area contributed by atoms with E-state index in [1.807, 2.05) is 24.3 Å². The van der Waals surface area contributed by atoms with Crippen LogP contribution in [0.15, 0.2) is 36.9 Å². The number of amides is 1. The first-order valence-electron chi connectivity index (χ1n) is 6.08. The molecule has 1 aromatic rings. The average molecular weight is 246 g/mol. The van der Waals surface area contributed by atoms with Gasteiger partial charge in [0.05, 0.1) is 18.3 Å². The van der Waals surface area contributed by atoms with E-state index in [0.717, 1.165) is 11.4 Å². The quantitative estimate of drug-likeness (QED) is 0.820. The lowest BCUT2D eigenvalue weighted by molar-refractivity contribution is -0.119. The van der Waals surface area contributed by atoms with Crippen LogP contribution >= 0.6 is 0 Å². The highest BCUT2D eigenvalue weighted by Gasteiger charge is 2.25. The molecule has 1 aromatic carbocycles. The summed E-state index contributed by atoms with van der Waals surface area (Å²) in [6, 6.07) is 7.98. The molecule has 4 heteroatoms. The van der Waals surface area contributed by atoms with E-state index in [1.165, 1.54) is 0 Å². The lowest BCUT2D eigenvalue weighted by Gasteiger charge is -2.36. The minimum Gasteiger partial charge on any atom is -0.489 e. The van der Waals surface area contributed by atoms with Crippen LogP contribution in [0.4, 0.5) is 5.69 Å². The number of rotatable bonds is 4. The number of para-hydroxylation sites is 2. The summed E-state index contributed by atoms with van der Waals surface area (Å²) in [5, 5.41) is 2.79. The summed E-state index contributed by atoms with van der Waals surface area (Å²) in [5.41, 5.74) is 0.977. The van der Waals surface area contributed by atoms with E-state index < -0.39 is 0 Å². The van der Waals surface area contributed by atoms with Crippen LogP contribution in [-0.4, -0.2) is 31.6 Å². The zero-order valence-electron chi connectivity index (χ0n) is 10.6. The van der Waals surface area contributed by atoms with Crippen molar-refractivity contribution in [3.05, 3.63) is 36.9 Å². The molecule has 0 aliphatic carbocycles. The number of nitrogens with zero attached hydrogens (tertiary/aromatic N) is 1. The molecule has 1 aliphatic rings. The zero-order valence-corrected chi connectivity index (χ0v) is 10.6.